The van der Waals surface area contributed by atoms with E-state index in [9.17, 15) is 13.2 Å². The monoisotopic (exact) mass is 302 g/mol. The van der Waals surface area contributed by atoms with E-state index in [-0.39, 0.29) is 27.4 Å². The zero-order valence-corrected chi connectivity index (χ0v) is 11.8. The van der Waals surface area contributed by atoms with Crippen LogP contribution in [0.4, 0.5) is 0 Å². The molecule has 1 amide bonds. The minimum absolute atomic E-state index is 0.117. The third-order valence-corrected chi connectivity index (χ3v) is 4.44. The number of nitrogens with one attached hydrogen (secondary N) is 1. The van der Waals surface area contributed by atoms with Gasteiger partial charge in [0.1, 0.15) is 0 Å². The van der Waals surface area contributed by atoms with Crippen LogP contribution in [0.3, 0.4) is 0 Å². The molecule has 0 unspecified atom stereocenters. The highest BCUT2D eigenvalue weighted by atomic mass is 35.5. The van der Waals surface area contributed by atoms with Gasteiger partial charge in [-0.25, -0.2) is 13.6 Å². The van der Waals surface area contributed by atoms with Crippen molar-refractivity contribution in [2.75, 3.05) is 0 Å². The summed E-state index contributed by atoms with van der Waals surface area (Å²) in [6.45, 7) is 0. The molecule has 1 aliphatic carbocycles. The third kappa shape index (κ3) is 3.46. The van der Waals surface area contributed by atoms with Gasteiger partial charge in [0, 0.05) is 6.04 Å². The maximum atomic E-state index is 12.1. The fourth-order valence-electron chi connectivity index (χ4n) is 2.19. The number of carbonyl (C=O) groups excluding carboxylic acids is 1. The van der Waals surface area contributed by atoms with E-state index in [4.69, 9.17) is 16.7 Å². The topological polar surface area (TPSA) is 89.3 Å². The highest BCUT2D eigenvalue weighted by Gasteiger charge is 2.20. The van der Waals surface area contributed by atoms with Crippen molar-refractivity contribution in [3.63, 3.8) is 0 Å². The van der Waals surface area contributed by atoms with E-state index in [1.165, 1.54) is 18.2 Å². The molecule has 104 valence electrons. The second-order valence-electron chi connectivity index (χ2n) is 4.64. The van der Waals surface area contributed by atoms with Crippen LogP contribution in [-0.2, 0) is 10.0 Å². The van der Waals surface area contributed by atoms with Crippen LogP contribution in [0.1, 0.15) is 36.0 Å². The minimum Gasteiger partial charge on any atom is -0.349 e. The van der Waals surface area contributed by atoms with Gasteiger partial charge in [-0.3, -0.25) is 4.79 Å². The molecule has 2 rings (SSSR count). The number of benzene rings is 1. The van der Waals surface area contributed by atoms with E-state index in [0.717, 1.165) is 25.7 Å². The van der Waals surface area contributed by atoms with Crippen LogP contribution in [0.25, 0.3) is 0 Å². The highest BCUT2D eigenvalue weighted by Crippen LogP contribution is 2.22. The second kappa shape index (κ2) is 5.48. The van der Waals surface area contributed by atoms with E-state index >= 15 is 0 Å². The minimum atomic E-state index is -3.84. The number of carbonyl (C=O) groups is 1. The fourth-order valence-corrected chi connectivity index (χ4v) is 2.93. The van der Waals surface area contributed by atoms with Crippen LogP contribution in [0, 0.1) is 0 Å². The summed E-state index contributed by atoms with van der Waals surface area (Å²) in [5.41, 5.74) is 0.139. The molecule has 1 fully saturated rings. The SMILES string of the molecule is NS(=O)(=O)c1ccc(Cl)c(C(=O)NC2CCCC2)c1. The van der Waals surface area contributed by atoms with Crippen LogP contribution in [0.5, 0.6) is 0 Å². The van der Waals surface area contributed by atoms with Gasteiger partial charge in [0.05, 0.1) is 15.5 Å². The summed E-state index contributed by atoms with van der Waals surface area (Å²) < 4.78 is 22.5. The number of halogens is 1. The summed E-state index contributed by atoms with van der Waals surface area (Å²) in [5.74, 6) is -0.359. The standard InChI is InChI=1S/C12H15ClN2O3S/c13-11-6-5-9(19(14,17)18)7-10(11)12(16)15-8-3-1-2-4-8/h5-8H,1-4H2,(H,15,16)(H2,14,17,18). The predicted molar refractivity (Wildman–Crippen MR) is 72.5 cm³/mol. The molecule has 0 saturated heterocycles. The molecule has 0 heterocycles. The first kappa shape index (κ1) is 14.3. The lowest BCUT2D eigenvalue weighted by atomic mass is 10.2. The van der Waals surface area contributed by atoms with E-state index in [1.54, 1.807) is 0 Å². The Bertz CT molecular complexity index is 595. The van der Waals surface area contributed by atoms with Crippen molar-refractivity contribution >= 4 is 27.5 Å². The molecule has 0 aliphatic heterocycles. The van der Waals surface area contributed by atoms with Gasteiger partial charge in [-0.2, -0.15) is 0 Å². The fraction of sp³-hybridized carbons (Fsp3) is 0.417. The Morgan fingerprint density at radius 3 is 2.53 bits per heavy atom. The second-order valence-corrected chi connectivity index (χ2v) is 6.61. The Balaban J connectivity index is 2.25. The molecule has 5 nitrogen and oxygen atoms in total. The number of amides is 1. The average Bonchev–Trinajstić information content (AvgIpc) is 2.80. The zero-order chi connectivity index (χ0) is 14.0. The molecule has 0 bridgehead atoms. The quantitative estimate of drug-likeness (QED) is 0.890. The van der Waals surface area contributed by atoms with Crippen molar-refractivity contribution in [3.05, 3.63) is 28.8 Å². The molecule has 0 atom stereocenters. The van der Waals surface area contributed by atoms with Crippen molar-refractivity contribution in [2.24, 2.45) is 5.14 Å². The zero-order valence-electron chi connectivity index (χ0n) is 10.2. The van der Waals surface area contributed by atoms with Gasteiger partial charge in [0.25, 0.3) is 5.91 Å². The first-order valence-corrected chi connectivity index (χ1v) is 7.93. The first-order chi connectivity index (χ1) is 8.88. The molecule has 0 spiro atoms. The molecule has 0 aromatic heterocycles. The van der Waals surface area contributed by atoms with E-state index in [2.05, 4.69) is 5.32 Å². The van der Waals surface area contributed by atoms with Gasteiger partial charge in [0.15, 0.2) is 0 Å². The van der Waals surface area contributed by atoms with E-state index in [0.29, 0.717) is 0 Å². The van der Waals surface area contributed by atoms with Gasteiger partial charge >= 0.3 is 0 Å². The average molecular weight is 303 g/mol. The molecule has 19 heavy (non-hydrogen) atoms. The first-order valence-electron chi connectivity index (χ1n) is 6.01. The number of sulfonamides is 1. The predicted octanol–water partition coefficient (Wildman–Crippen LogP) is 1.66. The molecule has 1 saturated carbocycles. The summed E-state index contributed by atoms with van der Waals surface area (Å²) in [5, 5.41) is 8.10. The summed E-state index contributed by atoms with van der Waals surface area (Å²) in [4.78, 5) is 12.0. The Hall–Kier alpha value is -1.11. The number of hydrogen-bond donors (Lipinski definition) is 2. The Kier molecular flexibility index (Phi) is 4.13. The van der Waals surface area contributed by atoms with Gasteiger partial charge in [-0.05, 0) is 31.0 Å². The van der Waals surface area contributed by atoms with Gasteiger partial charge in [0.2, 0.25) is 10.0 Å². The Labute approximate surface area is 117 Å². The van der Waals surface area contributed by atoms with Crippen LogP contribution in [0.2, 0.25) is 5.02 Å². The van der Waals surface area contributed by atoms with E-state index in [1.807, 2.05) is 0 Å². The highest BCUT2D eigenvalue weighted by molar-refractivity contribution is 7.89. The summed E-state index contributed by atoms with van der Waals surface area (Å²) in [6.07, 6.45) is 4.07. The molecule has 1 aromatic carbocycles. The summed E-state index contributed by atoms with van der Waals surface area (Å²) >= 11 is 5.93. The summed E-state index contributed by atoms with van der Waals surface area (Å²) in [7, 11) is -3.84. The summed E-state index contributed by atoms with van der Waals surface area (Å²) in [6, 6.07) is 4.00. The lowest BCUT2D eigenvalue weighted by molar-refractivity contribution is 0.0938. The van der Waals surface area contributed by atoms with Crippen molar-refractivity contribution in [1.29, 1.82) is 0 Å². The van der Waals surface area contributed by atoms with Crippen LogP contribution in [0.15, 0.2) is 23.1 Å². The van der Waals surface area contributed by atoms with E-state index < -0.39 is 10.0 Å². The van der Waals surface area contributed by atoms with Crippen molar-refractivity contribution in [1.82, 2.24) is 5.32 Å². The van der Waals surface area contributed by atoms with Gasteiger partial charge in [-0.15, -0.1) is 0 Å². The molecule has 3 N–H and O–H groups in total. The van der Waals surface area contributed by atoms with Crippen LogP contribution in [-0.4, -0.2) is 20.4 Å². The Morgan fingerprint density at radius 1 is 1.32 bits per heavy atom. The van der Waals surface area contributed by atoms with Crippen molar-refractivity contribution in [2.45, 2.75) is 36.6 Å². The number of rotatable bonds is 3. The van der Waals surface area contributed by atoms with Gasteiger partial charge < -0.3 is 5.32 Å². The molecule has 1 aliphatic rings. The lowest BCUT2D eigenvalue weighted by Gasteiger charge is -2.13. The molecule has 7 heteroatoms. The maximum absolute atomic E-state index is 12.1. The van der Waals surface area contributed by atoms with Crippen LogP contribution < -0.4 is 10.5 Å². The lowest BCUT2D eigenvalue weighted by Crippen LogP contribution is -2.32. The molecule has 0 radical (unpaired) electrons. The normalized spacial score (nSPS) is 16.5. The number of primary sulfonamides is 1. The molecule has 1 aromatic rings. The number of hydrogen-bond acceptors (Lipinski definition) is 3. The smallest absolute Gasteiger partial charge is 0.253 e. The third-order valence-electron chi connectivity index (χ3n) is 3.20. The number of nitrogens with two attached hydrogens (primary N) is 1. The largest absolute Gasteiger partial charge is 0.349 e. The van der Waals surface area contributed by atoms with Gasteiger partial charge in [-0.1, -0.05) is 24.4 Å². The molecular formula is C12H15ClN2O3S. The Morgan fingerprint density at radius 2 is 1.95 bits per heavy atom. The van der Waals surface area contributed by atoms with Crippen molar-refractivity contribution in [3.8, 4) is 0 Å². The maximum Gasteiger partial charge on any atom is 0.253 e. The van der Waals surface area contributed by atoms with Crippen molar-refractivity contribution < 1.29 is 13.2 Å². The van der Waals surface area contributed by atoms with Crippen LogP contribution >= 0.6 is 11.6 Å². The molecular weight excluding hydrogens is 288 g/mol.